The van der Waals surface area contributed by atoms with Gasteiger partial charge < -0.3 is 15.5 Å². The second-order valence-corrected chi connectivity index (χ2v) is 4.03. The molecule has 0 spiro atoms. The second kappa shape index (κ2) is 6.09. The van der Waals surface area contributed by atoms with Crippen molar-refractivity contribution < 1.29 is 24.6 Å². The standard InChI is InChI=1S/C10H17NO5/c1-7(12)11-10(2,5-3-8(13)14)6-4-9(15)16/h3-6H2,1-2H3,(H,11,12)(H,13,14)(H,15,16). The lowest BCUT2D eigenvalue weighted by Crippen LogP contribution is -2.45. The zero-order valence-electron chi connectivity index (χ0n) is 9.45. The Hall–Kier alpha value is -1.59. The molecule has 3 N–H and O–H groups in total. The van der Waals surface area contributed by atoms with Crippen LogP contribution in [0.5, 0.6) is 0 Å². The van der Waals surface area contributed by atoms with Gasteiger partial charge in [0.15, 0.2) is 0 Å². The van der Waals surface area contributed by atoms with E-state index in [1.54, 1.807) is 6.92 Å². The molecule has 0 aliphatic heterocycles. The van der Waals surface area contributed by atoms with Crippen LogP contribution in [0.2, 0.25) is 0 Å². The lowest BCUT2D eigenvalue weighted by Gasteiger charge is -2.29. The van der Waals surface area contributed by atoms with Crippen molar-refractivity contribution in [2.24, 2.45) is 0 Å². The number of amides is 1. The van der Waals surface area contributed by atoms with E-state index >= 15 is 0 Å². The smallest absolute Gasteiger partial charge is 0.303 e. The van der Waals surface area contributed by atoms with Crippen molar-refractivity contribution in [2.45, 2.75) is 45.1 Å². The molecule has 0 aromatic carbocycles. The van der Waals surface area contributed by atoms with Crippen molar-refractivity contribution in [2.75, 3.05) is 0 Å². The Morgan fingerprint density at radius 2 is 1.44 bits per heavy atom. The third kappa shape index (κ3) is 6.80. The van der Waals surface area contributed by atoms with Gasteiger partial charge in [0.1, 0.15) is 0 Å². The van der Waals surface area contributed by atoms with Crippen LogP contribution >= 0.6 is 0 Å². The van der Waals surface area contributed by atoms with Gasteiger partial charge in [-0.3, -0.25) is 14.4 Å². The molecule has 0 aliphatic rings. The highest BCUT2D eigenvalue weighted by atomic mass is 16.4. The van der Waals surface area contributed by atoms with E-state index in [0.717, 1.165) is 0 Å². The van der Waals surface area contributed by atoms with E-state index in [2.05, 4.69) is 5.32 Å². The molecular formula is C10H17NO5. The first-order valence-corrected chi connectivity index (χ1v) is 4.97. The molecule has 0 aliphatic carbocycles. The van der Waals surface area contributed by atoms with Crippen molar-refractivity contribution in [1.82, 2.24) is 5.32 Å². The molecule has 0 saturated carbocycles. The molecule has 92 valence electrons. The Morgan fingerprint density at radius 3 is 1.69 bits per heavy atom. The largest absolute Gasteiger partial charge is 0.481 e. The molecule has 0 heterocycles. The van der Waals surface area contributed by atoms with E-state index in [1.165, 1.54) is 6.92 Å². The first-order valence-electron chi connectivity index (χ1n) is 4.97. The predicted octanol–water partition coefficient (Wildman–Crippen LogP) is 0.611. The summed E-state index contributed by atoms with van der Waals surface area (Å²) in [5.41, 5.74) is -0.775. The van der Waals surface area contributed by atoms with Crippen molar-refractivity contribution in [3.05, 3.63) is 0 Å². The topological polar surface area (TPSA) is 104 Å². The monoisotopic (exact) mass is 231 g/mol. The summed E-state index contributed by atoms with van der Waals surface area (Å²) in [4.78, 5) is 31.8. The van der Waals surface area contributed by atoms with Crippen LogP contribution in [0.4, 0.5) is 0 Å². The molecule has 6 nitrogen and oxygen atoms in total. The summed E-state index contributed by atoms with van der Waals surface area (Å²) in [6.45, 7) is 2.97. The van der Waals surface area contributed by atoms with E-state index in [0.29, 0.717) is 0 Å². The van der Waals surface area contributed by atoms with Crippen LogP contribution in [0.15, 0.2) is 0 Å². The van der Waals surface area contributed by atoms with Crippen LogP contribution in [0.3, 0.4) is 0 Å². The highest BCUT2D eigenvalue weighted by Crippen LogP contribution is 2.19. The van der Waals surface area contributed by atoms with Crippen molar-refractivity contribution >= 4 is 17.8 Å². The number of rotatable bonds is 7. The van der Waals surface area contributed by atoms with Crippen LogP contribution in [-0.2, 0) is 14.4 Å². The average Bonchev–Trinajstić information content (AvgIpc) is 2.11. The summed E-state index contributed by atoms with van der Waals surface area (Å²) in [5, 5.41) is 19.7. The molecule has 0 rings (SSSR count). The fraction of sp³-hybridized carbons (Fsp3) is 0.700. The first-order chi connectivity index (χ1) is 7.25. The van der Waals surface area contributed by atoms with Gasteiger partial charge in [0.05, 0.1) is 0 Å². The highest BCUT2D eigenvalue weighted by molar-refractivity contribution is 5.74. The Labute approximate surface area is 93.6 Å². The molecule has 0 radical (unpaired) electrons. The Balaban J connectivity index is 4.40. The summed E-state index contributed by atoms with van der Waals surface area (Å²) in [6, 6.07) is 0. The molecule has 0 bridgehead atoms. The summed E-state index contributed by atoms with van der Waals surface area (Å²) in [5.74, 6) is -2.22. The number of carboxylic acids is 2. The zero-order chi connectivity index (χ0) is 12.8. The number of carbonyl (C=O) groups excluding carboxylic acids is 1. The van der Waals surface area contributed by atoms with Crippen molar-refractivity contribution in [3.8, 4) is 0 Å². The summed E-state index contributed by atoms with van der Waals surface area (Å²) >= 11 is 0. The predicted molar refractivity (Wildman–Crippen MR) is 56.0 cm³/mol. The Kier molecular flexibility index (Phi) is 5.49. The zero-order valence-corrected chi connectivity index (χ0v) is 9.45. The van der Waals surface area contributed by atoms with E-state index in [1.807, 2.05) is 0 Å². The van der Waals surface area contributed by atoms with E-state index in [9.17, 15) is 14.4 Å². The number of aliphatic carboxylic acids is 2. The molecule has 16 heavy (non-hydrogen) atoms. The van der Waals surface area contributed by atoms with Gasteiger partial charge >= 0.3 is 11.9 Å². The van der Waals surface area contributed by atoms with E-state index in [-0.39, 0.29) is 31.6 Å². The van der Waals surface area contributed by atoms with Crippen LogP contribution in [0.1, 0.15) is 39.5 Å². The van der Waals surface area contributed by atoms with Gasteiger partial charge in [-0.25, -0.2) is 0 Å². The molecular weight excluding hydrogens is 214 g/mol. The molecule has 0 atom stereocenters. The molecule has 0 unspecified atom stereocenters. The number of hydrogen-bond donors (Lipinski definition) is 3. The van der Waals surface area contributed by atoms with Gasteiger partial charge in [-0.2, -0.15) is 0 Å². The fourth-order valence-electron chi connectivity index (χ4n) is 1.44. The summed E-state index contributed by atoms with van der Waals surface area (Å²) < 4.78 is 0. The van der Waals surface area contributed by atoms with E-state index in [4.69, 9.17) is 10.2 Å². The van der Waals surface area contributed by atoms with Crippen molar-refractivity contribution in [3.63, 3.8) is 0 Å². The fourth-order valence-corrected chi connectivity index (χ4v) is 1.44. The van der Waals surface area contributed by atoms with Gasteiger partial charge in [-0.1, -0.05) is 0 Å². The third-order valence-corrected chi connectivity index (χ3v) is 2.26. The number of hydrogen-bond acceptors (Lipinski definition) is 3. The van der Waals surface area contributed by atoms with Gasteiger partial charge in [0.2, 0.25) is 5.91 Å². The maximum atomic E-state index is 10.9. The molecule has 0 fully saturated rings. The molecule has 6 heteroatoms. The Bertz CT molecular complexity index is 269. The third-order valence-electron chi connectivity index (χ3n) is 2.26. The van der Waals surface area contributed by atoms with Crippen LogP contribution in [0.25, 0.3) is 0 Å². The van der Waals surface area contributed by atoms with Crippen LogP contribution < -0.4 is 5.32 Å². The summed E-state index contributed by atoms with van der Waals surface area (Å²) in [7, 11) is 0. The van der Waals surface area contributed by atoms with E-state index < -0.39 is 17.5 Å². The normalized spacial score (nSPS) is 10.9. The van der Waals surface area contributed by atoms with Gasteiger partial charge in [0, 0.05) is 25.3 Å². The quantitative estimate of drug-likeness (QED) is 0.595. The van der Waals surface area contributed by atoms with Gasteiger partial charge in [-0.15, -0.1) is 0 Å². The van der Waals surface area contributed by atoms with Crippen molar-refractivity contribution in [1.29, 1.82) is 0 Å². The SMILES string of the molecule is CC(=O)NC(C)(CCC(=O)O)CCC(=O)O. The second-order valence-electron chi connectivity index (χ2n) is 4.03. The highest BCUT2D eigenvalue weighted by Gasteiger charge is 2.26. The number of carbonyl (C=O) groups is 3. The maximum absolute atomic E-state index is 10.9. The summed E-state index contributed by atoms with van der Waals surface area (Å²) in [6.07, 6.45) is 0.233. The number of nitrogens with one attached hydrogen (secondary N) is 1. The average molecular weight is 231 g/mol. The van der Waals surface area contributed by atoms with Gasteiger partial charge in [-0.05, 0) is 19.8 Å². The molecule has 1 amide bonds. The lowest BCUT2D eigenvalue weighted by molar-refractivity contribution is -0.138. The maximum Gasteiger partial charge on any atom is 0.303 e. The van der Waals surface area contributed by atoms with Crippen LogP contribution in [-0.4, -0.2) is 33.6 Å². The molecule has 0 aromatic rings. The van der Waals surface area contributed by atoms with Crippen LogP contribution in [0, 0.1) is 0 Å². The minimum Gasteiger partial charge on any atom is -0.481 e. The molecule has 0 saturated heterocycles. The minimum absolute atomic E-state index is 0.101. The van der Waals surface area contributed by atoms with Gasteiger partial charge in [0.25, 0.3) is 0 Å². The molecule has 0 aromatic heterocycles. The number of carboxylic acid groups (broad SMARTS) is 2. The minimum atomic E-state index is -0.966. The Morgan fingerprint density at radius 1 is 1.06 bits per heavy atom. The lowest BCUT2D eigenvalue weighted by atomic mass is 9.90. The first kappa shape index (κ1) is 14.4.